The van der Waals surface area contributed by atoms with Crippen LogP contribution in [0, 0.1) is 5.92 Å². The van der Waals surface area contributed by atoms with Crippen molar-refractivity contribution in [3.63, 3.8) is 0 Å². The number of anilines is 1. The topological polar surface area (TPSA) is 77.0 Å². The van der Waals surface area contributed by atoms with Gasteiger partial charge in [0.25, 0.3) is 0 Å². The molecule has 30 heavy (non-hydrogen) atoms. The maximum atomic E-state index is 12.6. The van der Waals surface area contributed by atoms with Gasteiger partial charge >= 0.3 is 0 Å². The monoisotopic (exact) mass is 413 g/mol. The molecule has 1 aromatic rings. The molecule has 1 saturated heterocycles. The second-order valence-corrected chi connectivity index (χ2v) is 8.36. The number of benzene rings is 1. The van der Waals surface area contributed by atoms with E-state index in [1.165, 1.54) is 5.56 Å². The van der Waals surface area contributed by atoms with Crippen LogP contribution in [0.25, 0.3) is 0 Å². The van der Waals surface area contributed by atoms with Crippen LogP contribution in [0.15, 0.2) is 29.3 Å². The van der Waals surface area contributed by atoms with Gasteiger partial charge in [0, 0.05) is 56.8 Å². The molecule has 2 aliphatic rings. The largest absolute Gasteiger partial charge is 0.357 e. The number of fused-ring (bicyclic) bond motifs is 1. The van der Waals surface area contributed by atoms with Crippen LogP contribution in [0.2, 0.25) is 0 Å². The van der Waals surface area contributed by atoms with E-state index in [9.17, 15) is 9.59 Å². The summed E-state index contributed by atoms with van der Waals surface area (Å²) in [5.41, 5.74) is 2.31. The van der Waals surface area contributed by atoms with Gasteiger partial charge in [0.15, 0.2) is 5.96 Å². The molecule has 1 fully saturated rings. The number of rotatable bonds is 7. The van der Waals surface area contributed by atoms with Crippen LogP contribution < -0.4 is 15.5 Å². The van der Waals surface area contributed by atoms with E-state index in [0.29, 0.717) is 19.5 Å². The summed E-state index contributed by atoms with van der Waals surface area (Å²) in [7, 11) is 0. The molecule has 2 N–H and O–H groups in total. The lowest BCUT2D eigenvalue weighted by atomic mass is 10.2. The number of carbonyl (C=O) groups excluding carboxylic acids is 2. The average Bonchev–Trinajstić information content (AvgIpc) is 3.37. The number of nitrogens with zero attached hydrogens (tertiary/aromatic N) is 3. The van der Waals surface area contributed by atoms with Crippen molar-refractivity contribution in [3.05, 3.63) is 29.8 Å². The van der Waals surface area contributed by atoms with Crippen LogP contribution in [0.1, 0.15) is 45.6 Å². The molecule has 3 rings (SSSR count). The van der Waals surface area contributed by atoms with Crippen LogP contribution in [0.3, 0.4) is 0 Å². The van der Waals surface area contributed by atoms with Gasteiger partial charge in [-0.2, -0.15) is 0 Å². The van der Waals surface area contributed by atoms with E-state index in [0.717, 1.165) is 50.5 Å². The third-order valence-electron chi connectivity index (χ3n) is 5.69. The van der Waals surface area contributed by atoms with Gasteiger partial charge in [0.2, 0.25) is 11.8 Å². The summed E-state index contributed by atoms with van der Waals surface area (Å²) < 4.78 is 0. The van der Waals surface area contributed by atoms with Crippen LogP contribution in [0.4, 0.5) is 5.69 Å². The number of amides is 2. The van der Waals surface area contributed by atoms with Crippen LogP contribution in [-0.2, 0) is 16.0 Å². The van der Waals surface area contributed by atoms with Gasteiger partial charge in [-0.05, 0) is 37.8 Å². The maximum absolute atomic E-state index is 12.6. The van der Waals surface area contributed by atoms with Crippen molar-refractivity contribution in [1.82, 2.24) is 15.5 Å². The van der Waals surface area contributed by atoms with Crippen molar-refractivity contribution < 1.29 is 9.59 Å². The fourth-order valence-electron chi connectivity index (χ4n) is 4.11. The number of guanidine groups is 1. The minimum Gasteiger partial charge on any atom is -0.357 e. The van der Waals surface area contributed by atoms with Crippen LogP contribution in [0.5, 0.6) is 0 Å². The Hall–Kier alpha value is -2.57. The van der Waals surface area contributed by atoms with E-state index < -0.39 is 0 Å². The molecule has 1 aromatic carbocycles. The zero-order valence-corrected chi connectivity index (χ0v) is 18.5. The predicted molar refractivity (Wildman–Crippen MR) is 121 cm³/mol. The van der Waals surface area contributed by atoms with E-state index in [1.807, 2.05) is 48.8 Å². The molecule has 164 valence electrons. The maximum Gasteiger partial charge on any atom is 0.227 e. The zero-order valence-electron chi connectivity index (χ0n) is 18.5. The normalized spacial score (nSPS) is 18.7. The van der Waals surface area contributed by atoms with Gasteiger partial charge in [0.05, 0.1) is 0 Å². The molecule has 2 aliphatic heterocycles. The standard InChI is InChI=1S/C23H35N5O2/c1-4-24-23(26-19-12-14-27(16-19)22(30)17(2)3)25-13-7-10-21(29)28-15-11-18-8-5-6-9-20(18)28/h5-6,8-9,17,19H,4,7,10-16H2,1-3H3,(H2,24,25,26). The fourth-order valence-corrected chi connectivity index (χ4v) is 4.11. The Morgan fingerprint density at radius 3 is 2.80 bits per heavy atom. The van der Waals surface area contributed by atoms with Crippen molar-refractivity contribution in [2.24, 2.45) is 10.9 Å². The Morgan fingerprint density at radius 2 is 2.03 bits per heavy atom. The van der Waals surface area contributed by atoms with E-state index in [2.05, 4.69) is 21.7 Å². The number of hydrogen-bond donors (Lipinski definition) is 2. The zero-order chi connectivity index (χ0) is 21.5. The van der Waals surface area contributed by atoms with Gasteiger partial charge in [-0.3, -0.25) is 14.6 Å². The molecular formula is C23H35N5O2. The SMILES string of the molecule is CCNC(=NCCCC(=O)N1CCc2ccccc21)NC1CCN(C(=O)C(C)C)C1. The number of aliphatic imine (C=N–C) groups is 1. The summed E-state index contributed by atoms with van der Waals surface area (Å²) >= 11 is 0. The highest BCUT2D eigenvalue weighted by Crippen LogP contribution is 2.28. The van der Waals surface area contributed by atoms with Crippen molar-refractivity contribution in [3.8, 4) is 0 Å². The highest BCUT2D eigenvalue weighted by Gasteiger charge is 2.28. The second-order valence-electron chi connectivity index (χ2n) is 8.36. The number of nitrogens with one attached hydrogen (secondary N) is 2. The number of carbonyl (C=O) groups is 2. The predicted octanol–water partition coefficient (Wildman–Crippen LogP) is 2.17. The summed E-state index contributed by atoms with van der Waals surface area (Å²) in [5, 5.41) is 6.72. The number of hydrogen-bond acceptors (Lipinski definition) is 3. The van der Waals surface area contributed by atoms with E-state index in [1.54, 1.807) is 0 Å². The Kier molecular flexibility index (Phi) is 7.71. The molecule has 0 radical (unpaired) electrons. The quantitative estimate of drug-likeness (QED) is 0.408. The molecule has 0 saturated carbocycles. The lowest BCUT2D eigenvalue weighted by Gasteiger charge is -2.20. The molecule has 7 nitrogen and oxygen atoms in total. The molecule has 1 unspecified atom stereocenters. The molecule has 1 atom stereocenters. The summed E-state index contributed by atoms with van der Waals surface area (Å²) in [4.78, 5) is 33.3. The van der Waals surface area contributed by atoms with Crippen LogP contribution in [-0.4, -0.2) is 61.4 Å². The Balaban J connectivity index is 1.45. The van der Waals surface area contributed by atoms with E-state index >= 15 is 0 Å². The highest BCUT2D eigenvalue weighted by molar-refractivity contribution is 5.95. The number of para-hydroxylation sites is 1. The summed E-state index contributed by atoms with van der Waals surface area (Å²) in [6, 6.07) is 8.36. The van der Waals surface area contributed by atoms with Gasteiger partial charge in [-0.25, -0.2) is 0 Å². The van der Waals surface area contributed by atoms with Crippen molar-refractivity contribution in [2.75, 3.05) is 37.6 Å². The minimum atomic E-state index is 0.0331. The van der Waals surface area contributed by atoms with Crippen molar-refractivity contribution in [2.45, 2.75) is 52.5 Å². The number of likely N-dealkylation sites (tertiary alicyclic amines) is 1. The van der Waals surface area contributed by atoms with Crippen LogP contribution >= 0.6 is 0 Å². The summed E-state index contributed by atoms with van der Waals surface area (Å²) in [6.45, 7) is 9.57. The van der Waals surface area contributed by atoms with E-state index in [4.69, 9.17) is 0 Å². The first kappa shape index (κ1) is 22.1. The average molecular weight is 414 g/mol. The molecular weight excluding hydrogens is 378 g/mol. The van der Waals surface area contributed by atoms with Gasteiger partial charge in [-0.1, -0.05) is 32.0 Å². The smallest absolute Gasteiger partial charge is 0.227 e. The molecule has 0 bridgehead atoms. The molecule has 0 spiro atoms. The molecule has 2 amide bonds. The first-order valence-electron chi connectivity index (χ1n) is 11.2. The lowest BCUT2D eigenvalue weighted by molar-refractivity contribution is -0.133. The summed E-state index contributed by atoms with van der Waals surface area (Å²) in [6.07, 6.45) is 3.08. The minimum absolute atomic E-state index is 0.0331. The first-order valence-corrected chi connectivity index (χ1v) is 11.2. The highest BCUT2D eigenvalue weighted by atomic mass is 16.2. The third-order valence-corrected chi connectivity index (χ3v) is 5.69. The first-order chi connectivity index (χ1) is 14.5. The molecule has 2 heterocycles. The second kappa shape index (κ2) is 10.5. The Labute approximate surface area is 179 Å². The third kappa shape index (κ3) is 5.52. The Morgan fingerprint density at radius 1 is 1.23 bits per heavy atom. The molecule has 0 aliphatic carbocycles. The van der Waals surface area contributed by atoms with Crippen molar-refractivity contribution in [1.29, 1.82) is 0 Å². The molecule has 7 heteroatoms. The molecule has 0 aromatic heterocycles. The van der Waals surface area contributed by atoms with Gasteiger partial charge < -0.3 is 20.4 Å². The summed E-state index contributed by atoms with van der Waals surface area (Å²) in [5.74, 6) is 1.18. The van der Waals surface area contributed by atoms with E-state index in [-0.39, 0.29) is 23.8 Å². The van der Waals surface area contributed by atoms with Crippen molar-refractivity contribution >= 4 is 23.5 Å². The fraction of sp³-hybridized carbons (Fsp3) is 0.609. The van der Waals surface area contributed by atoms with Gasteiger partial charge in [-0.15, -0.1) is 0 Å². The lowest BCUT2D eigenvalue weighted by Crippen LogP contribution is -2.45. The van der Waals surface area contributed by atoms with Gasteiger partial charge in [0.1, 0.15) is 0 Å². The Bertz CT molecular complexity index is 777.